The van der Waals surface area contributed by atoms with Crippen molar-refractivity contribution in [2.75, 3.05) is 43.4 Å². The van der Waals surface area contributed by atoms with Gasteiger partial charge in [0.15, 0.2) is 0 Å². The molecule has 0 radical (unpaired) electrons. The van der Waals surface area contributed by atoms with Gasteiger partial charge in [0.1, 0.15) is 18.0 Å². The van der Waals surface area contributed by atoms with Crippen LogP contribution >= 0.6 is 0 Å². The maximum Gasteiger partial charge on any atom is 0.131 e. The van der Waals surface area contributed by atoms with Gasteiger partial charge in [0.2, 0.25) is 0 Å². The van der Waals surface area contributed by atoms with Crippen LogP contribution in [0.4, 0.5) is 11.6 Å². The number of hydrogen-bond acceptors (Lipinski definition) is 6. The zero-order chi connectivity index (χ0) is 12.6. The average Bonchev–Trinajstić information content (AvgIpc) is 2.44. The zero-order valence-electron chi connectivity index (χ0n) is 10.4. The Bertz CT molecular complexity index is 378. The summed E-state index contributed by atoms with van der Waals surface area (Å²) < 4.78 is 5.60. The maximum absolute atomic E-state index is 5.60. The number of nitrogens with zero attached hydrogens (tertiary/aromatic N) is 2. The van der Waals surface area contributed by atoms with Crippen LogP contribution in [0.3, 0.4) is 0 Å². The fourth-order valence-electron chi connectivity index (χ4n) is 1.70. The van der Waals surface area contributed by atoms with Crippen molar-refractivity contribution in [3.05, 3.63) is 25.0 Å². The van der Waals surface area contributed by atoms with Crippen LogP contribution in [0.1, 0.15) is 0 Å². The van der Waals surface area contributed by atoms with Gasteiger partial charge in [-0.05, 0) is 0 Å². The Balaban J connectivity index is 1.82. The molecule has 1 unspecified atom stereocenters. The van der Waals surface area contributed by atoms with Gasteiger partial charge in [-0.2, -0.15) is 0 Å². The Morgan fingerprint density at radius 2 is 2.28 bits per heavy atom. The van der Waals surface area contributed by atoms with Crippen LogP contribution in [0.15, 0.2) is 25.0 Å². The molecule has 1 atom stereocenters. The Morgan fingerprint density at radius 3 is 3.00 bits per heavy atom. The highest BCUT2D eigenvalue weighted by molar-refractivity contribution is 5.46. The highest BCUT2D eigenvalue weighted by Crippen LogP contribution is 2.08. The lowest BCUT2D eigenvalue weighted by molar-refractivity contribution is 0.0372. The van der Waals surface area contributed by atoms with Gasteiger partial charge in [-0.15, -0.1) is 6.58 Å². The molecule has 6 heteroatoms. The Hall–Kier alpha value is -1.66. The van der Waals surface area contributed by atoms with E-state index >= 15 is 0 Å². The molecular weight excluding hydrogens is 230 g/mol. The Labute approximate surface area is 107 Å². The van der Waals surface area contributed by atoms with Crippen molar-refractivity contribution < 1.29 is 4.74 Å². The molecule has 0 spiro atoms. The van der Waals surface area contributed by atoms with Gasteiger partial charge in [-0.25, -0.2) is 9.97 Å². The lowest BCUT2D eigenvalue weighted by atomic mass is 10.3. The molecule has 6 nitrogen and oxygen atoms in total. The first-order chi connectivity index (χ1) is 8.88. The molecule has 0 aliphatic carbocycles. The molecular formula is C12H19N5O. The van der Waals surface area contributed by atoms with E-state index in [9.17, 15) is 0 Å². The third-order valence-corrected chi connectivity index (χ3v) is 2.61. The third kappa shape index (κ3) is 3.97. The summed E-state index contributed by atoms with van der Waals surface area (Å²) in [6, 6.07) is 1.87. The van der Waals surface area contributed by atoms with Crippen LogP contribution in [-0.4, -0.2) is 48.9 Å². The van der Waals surface area contributed by atoms with Gasteiger partial charge in [0.05, 0.1) is 12.7 Å². The monoisotopic (exact) mass is 249 g/mol. The van der Waals surface area contributed by atoms with Crippen molar-refractivity contribution in [3.8, 4) is 0 Å². The predicted octanol–water partition coefficient (Wildman–Crippen LogP) is 0.475. The molecule has 1 aromatic heterocycles. The van der Waals surface area contributed by atoms with Crippen LogP contribution in [0.25, 0.3) is 0 Å². The van der Waals surface area contributed by atoms with E-state index in [1.54, 1.807) is 6.08 Å². The minimum Gasteiger partial charge on any atom is -0.374 e. The first kappa shape index (κ1) is 12.8. The molecule has 0 aromatic carbocycles. The van der Waals surface area contributed by atoms with Gasteiger partial charge in [-0.3, -0.25) is 0 Å². The summed E-state index contributed by atoms with van der Waals surface area (Å²) in [4.78, 5) is 8.29. The molecule has 0 amide bonds. The number of ether oxygens (including phenoxy) is 1. The Morgan fingerprint density at radius 1 is 1.44 bits per heavy atom. The molecule has 2 heterocycles. The molecule has 0 saturated carbocycles. The average molecular weight is 249 g/mol. The normalized spacial score (nSPS) is 19.2. The van der Waals surface area contributed by atoms with E-state index in [1.807, 2.05) is 6.07 Å². The summed E-state index contributed by atoms with van der Waals surface area (Å²) in [5, 5.41) is 9.66. The molecule has 1 fully saturated rings. The number of hydrogen-bond donors (Lipinski definition) is 3. The molecule has 2 rings (SSSR count). The smallest absolute Gasteiger partial charge is 0.131 e. The van der Waals surface area contributed by atoms with Gasteiger partial charge < -0.3 is 20.7 Å². The highest BCUT2D eigenvalue weighted by atomic mass is 16.5. The number of rotatable bonds is 6. The van der Waals surface area contributed by atoms with Gasteiger partial charge >= 0.3 is 0 Å². The zero-order valence-corrected chi connectivity index (χ0v) is 10.4. The van der Waals surface area contributed by atoms with Crippen LogP contribution in [0, 0.1) is 0 Å². The quantitative estimate of drug-likeness (QED) is 0.637. The second kappa shape index (κ2) is 6.93. The topological polar surface area (TPSA) is 71.1 Å². The maximum atomic E-state index is 5.60. The van der Waals surface area contributed by atoms with E-state index in [0.29, 0.717) is 6.54 Å². The number of aromatic nitrogens is 2. The Kier molecular flexibility index (Phi) is 4.92. The van der Waals surface area contributed by atoms with Crippen LogP contribution in [-0.2, 0) is 4.74 Å². The molecule has 18 heavy (non-hydrogen) atoms. The third-order valence-electron chi connectivity index (χ3n) is 2.61. The van der Waals surface area contributed by atoms with E-state index in [4.69, 9.17) is 4.74 Å². The number of morpholine rings is 1. The van der Waals surface area contributed by atoms with Crippen molar-refractivity contribution in [2.45, 2.75) is 6.10 Å². The lowest BCUT2D eigenvalue weighted by Gasteiger charge is -2.23. The van der Waals surface area contributed by atoms with E-state index in [0.717, 1.165) is 37.9 Å². The summed E-state index contributed by atoms with van der Waals surface area (Å²) >= 11 is 0. The van der Waals surface area contributed by atoms with Gasteiger partial charge in [0, 0.05) is 32.2 Å². The lowest BCUT2D eigenvalue weighted by Crippen LogP contribution is -2.42. The SMILES string of the molecule is C=CCNc1cc(NCC2CNCCO2)ncn1. The number of anilines is 2. The second-order valence-corrected chi connectivity index (χ2v) is 4.04. The summed E-state index contributed by atoms with van der Waals surface area (Å²) in [5.74, 6) is 1.58. The first-order valence-corrected chi connectivity index (χ1v) is 6.11. The second-order valence-electron chi connectivity index (χ2n) is 4.04. The summed E-state index contributed by atoms with van der Waals surface area (Å²) in [6.45, 7) is 7.65. The van der Waals surface area contributed by atoms with E-state index in [-0.39, 0.29) is 6.10 Å². The van der Waals surface area contributed by atoms with E-state index in [1.165, 1.54) is 6.33 Å². The molecule has 0 bridgehead atoms. The minimum absolute atomic E-state index is 0.193. The predicted molar refractivity (Wildman–Crippen MR) is 71.8 cm³/mol. The summed E-state index contributed by atoms with van der Waals surface area (Å²) in [6.07, 6.45) is 3.52. The van der Waals surface area contributed by atoms with Gasteiger partial charge in [0.25, 0.3) is 0 Å². The number of nitrogens with one attached hydrogen (secondary N) is 3. The van der Waals surface area contributed by atoms with Crippen molar-refractivity contribution in [1.82, 2.24) is 15.3 Å². The molecule has 98 valence electrons. The van der Waals surface area contributed by atoms with Crippen LogP contribution in [0.5, 0.6) is 0 Å². The summed E-state index contributed by atoms with van der Waals surface area (Å²) in [5.41, 5.74) is 0. The first-order valence-electron chi connectivity index (χ1n) is 6.11. The standard InChI is InChI=1S/C12H19N5O/c1-2-3-14-11-6-12(17-9-16-11)15-8-10-7-13-4-5-18-10/h2,6,9-10,13H,1,3-5,7-8H2,(H2,14,15,16,17). The highest BCUT2D eigenvalue weighted by Gasteiger charge is 2.12. The summed E-state index contributed by atoms with van der Waals surface area (Å²) in [7, 11) is 0. The largest absolute Gasteiger partial charge is 0.374 e. The molecule has 1 aliphatic heterocycles. The molecule has 3 N–H and O–H groups in total. The van der Waals surface area contributed by atoms with Crippen molar-refractivity contribution in [1.29, 1.82) is 0 Å². The van der Waals surface area contributed by atoms with Crippen LogP contribution in [0.2, 0.25) is 0 Å². The van der Waals surface area contributed by atoms with Crippen LogP contribution < -0.4 is 16.0 Å². The fourth-order valence-corrected chi connectivity index (χ4v) is 1.70. The molecule has 1 aliphatic rings. The molecule has 1 saturated heterocycles. The van der Waals surface area contributed by atoms with Crippen molar-refractivity contribution in [3.63, 3.8) is 0 Å². The van der Waals surface area contributed by atoms with Gasteiger partial charge in [-0.1, -0.05) is 6.08 Å². The van der Waals surface area contributed by atoms with E-state index < -0.39 is 0 Å². The van der Waals surface area contributed by atoms with E-state index in [2.05, 4.69) is 32.5 Å². The fraction of sp³-hybridized carbons (Fsp3) is 0.500. The molecule has 1 aromatic rings. The van der Waals surface area contributed by atoms with Crippen molar-refractivity contribution >= 4 is 11.6 Å². The van der Waals surface area contributed by atoms with Crippen molar-refractivity contribution in [2.24, 2.45) is 0 Å². The minimum atomic E-state index is 0.193.